The Hall–Kier alpha value is -3.00. The van der Waals surface area contributed by atoms with Crippen LogP contribution in [0.1, 0.15) is 42.6 Å². The molecule has 3 rings (SSSR count). The van der Waals surface area contributed by atoms with Crippen molar-refractivity contribution < 1.29 is 9.53 Å². The van der Waals surface area contributed by atoms with Crippen LogP contribution < -0.4 is 10.3 Å². The van der Waals surface area contributed by atoms with Gasteiger partial charge >= 0.3 is 0 Å². The van der Waals surface area contributed by atoms with Gasteiger partial charge in [-0.05, 0) is 50.5 Å². The number of benzene rings is 1. The van der Waals surface area contributed by atoms with E-state index in [1.165, 1.54) is 23.8 Å². The van der Waals surface area contributed by atoms with Crippen LogP contribution in [0.3, 0.4) is 0 Å². The van der Waals surface area contributed by atoms with E-state index in [2.05, 4.69) is 11.8 Å². The van der Waals surface area contributed by atoms with Crippen LogP contribution in [0, 0.1) is 24.7 Å². The summed E-state index contributed by atoms with van der Waals surface area (Å²) in [7, 11) is 3.33. The minimum absolute atomic E-state index is 0.0885. The van der Waals surface area contributed by atoms with Crippen molar-refractivity contribution in [3.05, 3.63) is 63.6 Å². The predicted molar refractivity (Wildman–Crippen MR) is 109 cm³/mol. The zero-order valence-corrected chi connectivity index (χ0v) is 16.9. The molecule has 1 atom stereocenters. The molecule has 2 aromatic rings. The number of carbonyl (C=O) groups is 1. The molecular formula is C23H26N2O3. The van der Waals surface area contributed by atoms with Gasteiger partial charge in [-0.2, -0.15) is 0 Å². The van der Waals surface area contributed by atoms with Crippen LogP contribution in [0.25, 0.3) is 0 Å². The molecule has 0 bridgehead atoms. The molecule has 5 nitrogen and oxygen atoms in total. The quantitative estimate of drug-likeness (QED) is 0.752. The molecule has 1 aromatic heterocycles. The molecule has 1 aliphatic rings. The summed E-state index contributed by atoms with van der Waals surface area (Å²) in [5, 5.41) is 0. The highest BCUT2D eigenvalue weighted by Gasteiger charge is 2.18. The van der Waals surface area contributed by atoms with Crippen LogP contribution in [-0.2, 0) is 4.79 Å². The highest BCUT2D eigenvalue weighted by molar-refractivity contribution is 5.77. The second kappa shape index (κ2) is 8.35. The maximum Gasteiger partial charge on any atom is 0.259 e. The summed E-state index contributed by atoms with van der Waals surface area (Å²) < 4.78 is 7.21. The molecule has 1 saturated carbocycles. The Balaban J connectivity index is 1.76. The third kappa shape index (κ3) is 4.83. The summed E-state index contributed by atoms with van der Waals surface area (Å²) >= 11 is 0. The van der Waals surface area contributed by atoms with E-state index in [1.54, 1.807) is 24.7 Å². The van der Waals surface area contributed by atoms with Gasteiger partial charge in [-0.3, -0.25) is 9.59 Å². The van der Waals surface area contributed by atoms with Crippen LogP contribution in [0.2, 0.25) is 0 Å². The lowest BCUT2D eigenvalue weighted by Gasteiger charge is -2.20. The van der Waals surface area contributed by atoms with Crippen LogP contribution in [-0.4, -0.2) is 36.1 Å². The minimum Gasteiger partial charge on any atom is -0.484 e. The minimum atomic E-state index is -0.155. The van der Waals surface area contributed by atoms with Gasteiger partial charge < -0.3 is 14.2 Å². The Morgan fingerprint density at radius 3 is 2.50 bits per heavy atom. The number of likely N-dealkylation sites (N-methyl/N-ethyl adjacent to an activating group) is 1. The van der Waals surface area contributed by atoms with Gasteiger partial charge in [0.25, 0.3) is 11.5 Å². The van der Waals surface area contributed by atoms with E-state index >= 15 is 0 Å². The number of aryl methyl sites for hydroxylation is 1. The molecule has 5 heteroatoms. The maximum atomic E-state index is 12.7. The van der Waals surface area contributed by atoms with Crippen molar-refractivity contribution >= 4 is 5.91 Å². The first-order valence-electron chi connectivity index (χ1n) is 9.53. The van der Waals surface area contributed by atoms with E-state index in [0.29, 0.717) is 11.7 Å². The van der Waals surface area contributed by atoms with Crippen LogP contribution >= 0.6 is 0 Å². The van der Waals surface area contributed by atoms with Crippen molar-refractivity contribution in [1.82, 2.24) is 9.47 Å². The zero-order chi connectivity index (χ0) is 20.3. The summed E-state index contributed by atoms with van der Waals surface area (Å²) in [5.74, 6) is 7.30. The number of hydrogen-bond donors (Lipinski definition) is 0. The van der Waals surface area contributed by atoms with Crippen molar-refractivity contribution in [2.45, 2.75) is 32.7 Å². The number of ether oxygens (including phenoxy) is 1. The molecule has 0 spiro atoms. The molecule has 1 unspecified atom stereocenters. The van der Waals surface area contributed by atoms with Gasteiger partial charge in [-0.15, -0.1) is 0 Å². The smallest absolute Gasteiger partial charge is 0.259 e. The normalized spacial score (nSPS) is 14.0. The van der Waals surface area contributed by atoms with Gasteiger partial charge in [0.05, 0.1) is 6.04 Å². The molecule has 28 heavy (non-hydrogen) atoms. The maximum absolute atomic E-state index is 12.7. The van der Waals surface area contributed by atoms with E-state index in [-0.39, 0.29) is 24.1 Å². The van der Waals surface area contributed by atoms with E-state index in [0.717, 1.165) is 16.8 Å². The first-order valence-corrected chi connectivity index (χ1v) is 9.53. The first kappa shape index (κ1) is 19.8. The SMILES string of the molecule is Cc1cc(OCC(=O)N(C)C)cc(=O)n1C(C)c1ccc(C#CC2CC2)cc1. The largest absolute Gasteiger partial charge is 0.484 e. The average Bonchev–Trinajstić information content (AvgIpc) is 3.48. The van der Waals surface area contributed by atoms with E-state index in [1.807, 2.05) is 38.1 Å². The van der Waals surface area contributed by atoms with Crippen molar-refractivity contribution in [3.8, 4) is 17.6 Å². The topological polar surface area (TPSA) is 51.5 Å². The van der Waals surface area contributed by atoms with Crippen molar-refractivity contribution in [2.75, 3.05) is 20.7 Å². The number of nitrogens with zero attached hydrogens (tertiary/aromatic N) is 2. The number of amides is 1. The fourth-order valence-corrected chi connectivity index (χ4v) is 2.94. The molecule has 1 aliphatic carbocycles. The number of hydrogen-bond acceptors (Lipinski definition) is 3. The third-order valence-electron chi connectivity index (χ3n) is 4.87. The monoisotopic (exact) mass is 378 g/mol. The number of carbonyl (C=O) groups excluding carboxylic acids is 1. The van der Waals surface area contributed by atoms with Crippen molar-refractivity contribution in [2.24, 2.45) is 5.92 Å². The Bertz CT molecular complexity index is 974. The van der Waals surface area contributed by atoms with Gasteiger partial charge in [0.2, 0.25) is 0 Å². The molecule has 0 radical (unpaired) electrons. The molecule has 0 N–H and O–H groups in total. The molecular weight excluding hydrogens is 352 g/mol. The Morgan fingerprint density at radius 2 is 1.93 bits per heavy atom. The third-order valence-corrected chi connectivity index (χ3v) is 4.87. The number of pyridine rings is 1. The lowest BCUT2D eigenvalue weighted by atomic mass is 10.1. The van der Waals surface area contributed by atoms with Crippen molar-refractivity contribution in [3.63, 3.8) is 0 Å². The van der Waals surface area contributed by atoms with E-state index in [4.69, 9.17) is 4.74 Å². The lowest BCUT2D eigenvalue weighted by molar-refractivity contribution is -0.130. The van der Waals surface area contributed by atoms with Crippen LogP contribution in [0.5, 0.6) is 5.75 Å². The van der Waals surface area contributed by atoms with Gasteiger partial charge in [0, 0.05) is 37.3 Å². The zero-order valence-electron chi connectivity index (χ0n) is 16.9. The molecule has 1 aromatic carbocycles. The Kier molecular flexibility index (Phi) is 5.89. The number of rotatable bonds is 5. The van der Waals surface area contributed by atoms with Crippen LogP contribution in [0.15, 0.2) is 41.2 Å². The van der Waals surface area contributed by atoms with E-state index in [9.17, 15) is 9.59 Å². The summed E-state index contributed by atoms with van der Waals surface area (Å²) in [6.45, 7) is 3.78. The number of aromatic nitrogens is 1. The summed E-state index contributed by atoms with van der Waals surface area (Å²) in [6, 6.07) is 11.2. The molecule has 0 aliphatic heterocycles. The molecule has 1 amide bonds. The second-order valence-corrected chi connectivity index (χ2v) is 7.46. The fourth-order valence-electron chi connectivity index (χ4n) is 2.94. The Morgan fingerprint density at radius 1 is 1.25 bits per heavy atom. The van der Waals surface area contributed by atoms with Gasteiger partial charge in [0.1, 0.15) is 5.75 Å². The molecule has 0 saturated heterocycles. The first-order chi connectivity index (χ1) is 13.3. The highest BCUT2D eigenvalue weighted by atomic mass is 16.5. The highest BCUT2D eigenvalue weighted by Crippen LogP contribution is 2.27. The predicted octanol–water partition coefficient (Wildman–Crippen LogP) is 2.99. The molecule has 1 fully saturated rings. The van der Waals surface area contributed by atoms with Gasteiger partial charge in [-0.25, -0.2) is 0 Å². The fraction of sp³-hybridized carbons (Fsp3) is 0.391. The Labute approximate surface area is 165 Å². The standard InChI is InChI=1S/C23H26N2O3/c1-16-13-21(28-15-23(27)24(3)4)14-22(26)25(16)17(2)20-11-9-19(10-12-20)8-7-18-5-6-18/h9-14,17-18H,5-6,15H2,1-4H3. The summed E-state index contributed by atoms with van der Waals surface area (Å²) in [6.07, 6.45) is 2.43. The lowest BCUT2D eigenvalue weighted by Crippen LogP contribution is -2.29. The summed E-state index contributed by atoms with van der Waals surface area (Å²) in [5.41, 5.74) is 2.67. The second-order valence-electron chi connectivity index (χ2n) is 7.46. The van der Waals surface area contributed by atoms with Crippen LogP contribution in [0.4, 0.5) is 0 Å². The molecule has 1 heterocycles. The summed E-state index contributed by atoms with van der Waals surface area (Å²) in [4.78, 5) is 25.8. The van der Waals surface area contributed by atoms with Gasteiger partial charge in [-0.1, -0.05) is 24.0 Å². The van der Waals surface area contributed by atoms with E-state index < -0.39 is 0 Å². The average molecular weight is 378 g/mol. The van der Waals surface area contributed by atoms with Crippen molar-refractivity contribution in [1.29, 1.82) is 0 Å². The van der Waals surface area contributed by atoms with Gasteiger partial charge in [0.15, 0.2) is 6.61 Å². The molecule has 146 valence electrons.